The van der Waals surface area contributed by atoms with Gasteiger partial charge in [0.05, 0.1) is 0 Å². The number of rotatable bonds is 4. The van der Waals surface area contributed by atoms with Crippen LogP contribution in [-0.4, -0.2) is 21.8 Å². The molecule has 1 fully saturated rings. The summed E-state index contributed by atoms with van der Waals surface area (Å²) in [6, 6.07) is 22.4. The molecule has 5 nitrogen and oxygen atoms in total. The van der Waals surface area contributed by atoms with E-state index >= 15 is 0 Å². The summed E-state index contributed by atoms with van der Waals surface area (Å²) >= 11 is 0. The Bertz CT molecular complexity index is 1190. The Morgan fingerprint density at radius 2 is 1.73 bits per heavy atom. The Kier molecular flexibility index (Phi) is 5.63. The van der Waals surface area contributed by atoms with Crippen LogP contribution in [0.15, 0.2) is 77.9 Å². The van der Waals surface area contributed by atoms with E-state index in [4.69, 9.17) is 0 Å². The maximum absolute atomic E-state index is 12.4. The van der Waals surface area contributed by atoms with Crippen LogP contribution in [-0.2, 0) is 18.3 Å². The quantitative estimate of drug-likeness (QED) is 0.493. The van der Waals surface area contributed by atoms with E-state index < -0.39 is 0 Å². The molecular formula is C28H28N2O3. The fourth-order valence-corrected chi connectivity index (χ4v) is 5.68. The number of aryl methyl sites for hydroxylation is 1. The third-order valence-electron chi connectivity index (χ3n) is 7.32. The fraction of sp³-hybridized carbons (Fsp3) is 0.286. The highest BCUT2D eigenvalue weighted by Crippen LogP contribution is 2.51. The van der Waals surface area contributed by atoms with E-state index in [1.54, 1.807) is 30.3 Å². The van der Waals surface area contributed by atoms with Crippen LogP contribution < -0.4 is 5.43 Å². The minimum absolute atomic E-state index is 0.0548. The van der Waals surface area contributed by atoms with Crippen LogP contribution in [0.1, 0.15) is 52.7 Å². The number of hydrogen-bond donors (Lipinski definition) is 3. The Hall–Kier alpha value is -3.60. The lowest BCUT2D eigenvalue weighted by Crippen LogP contribution is -2.46. The normalized spacial score (nSPS) is 22.9. The summed E-state index contributed by atoms with van der Waals surface area (Å²) in [5, 5.41) is 24.3. The largest absolute Gasteiger partial charge is 0.508 e. The molecule has 1 amide bonds. The first-order valence-corrected chi connectivity index (χ1v) is 11.5. The van der Waals surface area contributed by atoms with Crippen molar-refractivity contribution in [1.82, 2.24) is 5.43 Å². The third kappa shape index (κ3) is 4.23. The predicted molar refractivity (Wildman–Crippen MR) is 129 cm³/mol. The zero-order valence-corrected chi connectivity index (χ0v) is 18.5. The molecule has 33 heavy (non-hydrogen) atoms. The van der Waals surface area contributed by atoms with Gasteiger partial charge in [0.15, 0.2) is 0 Å². The number of nitrogens with zero attached hydrogens (tertiary/aromatic N) is 1. The number of benzene rings is 3. The lowest BCUT2D eigenvalue weighted by molar-refractivity contribution is 0.0954. The van der Waals surface area contributed by atoms with Crippen molar-refractivity contribution < 1.29 is 15.0 Å². The fourth-order valence-electron chi connectivity index (χ4n) is 5.68. The number of aromatic hydroxyl groups is 2. The van der Waals surface area contributed by atoms with Gasteiger partial charge in [-0.15, -0.1) is 0 Å². The van der Waals surface area contributed by atoms with Gasteiger partial charge in [0.2, 0.25) is 0 Å². The molecule has 2 aliphatic carbocycles. The number of hydrogen-bond acceptors (Lipinski definition) is 4. The van der Waals surface area contributed by atoms with E-state index in [1.165, 1.54) is 16.7 Å². The van der Waals surface area contributed by atoms with Crippen molar-refractivity contribution in [3.63, 3.8) is 0 Å². The molecule has 2 atom stereocenters. The number of nitrogens with one attached hydrogen (secondary N) is 1. The van der Waals surface area contributed by atoms with Crippen molar-refractivity contribution in [2.75, 3.05) is 0 Å². The van der Waals surface area contributed by atoms with Crippen molar-refractivity contribution in [2.24, 2.45) is 11.0 Å². The predicted octanol–water partition coefficient (Wildman–Crippen LogP) is 5.11. The molecule has 3 aromatic carbocycles. The molecule has 0 unspecified atom stereocenters. The summed E-state index contributed by atoms with van der Waals surface area (Å²) in [7, 11) is 0. The molecule has 0 aliphatic heterocycles. The number of carbonyl (C=O) groups is 1. The van der Waals surface area contributed by atoms with Crippen LogP contribution in [0, 0.1) is 5.92 Å². The summed E-state index contributed by atoms with van der Waals surface area (Å²) in [5.41, 5.74) is 8.06. The molecule has 1 saturated carbocycles. The third-order valence-corrected chi connectivity index (χ3v) is 7.32. The van der Waals surface area contributed by atoms with Gasteiger partial charge in [-0.3, -0.25) is 4.79 Å². The van der Waals surface area contributed by atoms with Crippen molar-refractivity contribution in [3.05, 3.63) is 95.1 Å². The second kappa shape index (κ2) is 8.74. The monoisotopic (exact) mass is 440 g/mol. The second-order valence-corrected chi connectivity index (χ2v) is 9.27. The molecule has 3 N–H and O–H groups in total. The van der Waals surface area contributed by atoms with Crippen molar-refractivity contribution >= 4 is 11.6 Å². The molecular weight excluding hydrogens is 412 g/mol. The summed E-state index contributed by atoms with van der Waals surface area (Å²) in [5.74, 6) is 0.792. The van der Waals surface area contributed by atoms with Gasteiger partial charge in [-0.25, -0.2) is 5.43 Å². The minimum Gasteiger partial charge on any atom is -0.508 e. The Balaban J connectivity index is 1.42. The molecule has 2 aliphatic rings. The zero-order chi connectivity index (χ0) is 22.8. The molecule has 0 heterocycles. The molecule has 0 aromatic heterocycles. The first-order chi connectivity index (χ1) is 16.0. The maximum Gasteiger partial charge on any atom is 0.271 e. The number of phenols is 2. The molecule has 3 aromatic rings. The first-order valence-electron chi connectivity index (χ1n) is 11.5. The molecule has 0 spiro atoms. The van der Waals surface area contributed by atoms with Crippen LogP contribution in [0.5, 0.6) is 11.5 Å². The van der Waals surface area contributed by atoms with E-state index in [0.29, 0.717) is 17.2 Å². The molecule has 5 rings (SSSR count). The minimum atomic E-state index is -0.187. The van der Waals surface area contributed by atoms with Crippen LogP contribution in [0.3, 0.4) is 0 Å². The van der Waals surface area contributed by atoms with Gasteiger partial charge in [-0.1, -0.05) is 36.4 Å². The van der Waals surface area contributed by atoms with Gasteiger partial charge in [0.25, 0.3) is 5.91 Å². The Morgan fingerprint density at radius 3 is 2.52 bits per heavy atom. The number of carbonyl (C=O) groups excluding carboxylic acids is 1. The standard InChI is InChI=1S/C28H28N2O3/c31-24-10-6-19(7-11-24)18-28-15-14-23(29-30-27(33)20-4-2-1-3-5-20)17-22(28)9-8-21-16-25(32)12-13-26(21)28/h1-7,10-13,16,22,31-32H,8-9,14-15,17-18H2,(H,30,33)/t22-,28+/m1/s1. The van der Waals surface area contributed by atoms with Crippen molar-refractivity contribution in [3.8, 4) is 11.5 Å². The summed E-state index contributed by atoms with van der Waals surface area (Å²) in [6.45, 7) is 0. The lowest BCUT2D eigenvalue weighted by Gasteiger charge is -2.49. The summed E-state index contributed by atoms with van der Waals surface area (Å²) < 4.78 is 0. The van der Waals surface area contributed by atoms with Gasteiger partial charge in [-0.2, -0.15) is 5.10 Å². The smallest absolute Gasteiger partial charge is 0.271 e. The lowest BCUT2D eigenvalue weighted by atomic mass is 9.55. The SMILES string of the molecule is O=C(NN=C1CC[C@@]2(Cc3ccc(O)cc3)c3ccc(O)cc3CC[C@@H]2C1)c1ccccc1. The van der Waals surface area contributed by atoms with E-state index in [1.807, 2.05) is 36.4 Å². The highest BCUT2D eigenvalue weighted by Gasteiger charge is 2.47. The van der Waals surface area contributed by atoms with Crippen LogP contribution in [0.2, 0.25) is 0 Å². The van der Waals surface area contributed by atoms with E-state index in [2.05, 4.69) is 16.6 Å². The van der Waals surface area contributed by atoms with Gasteiger partial charge < -0.3 is 10.2 Å². The van der Waals surface area contributed by atoms with E-state index in [-0.39, 0.29) is 17.1 Å². The van der Waals surface area contributed by atoms with Crippen molar-refractivity contribution in [2.45, 2.75) is 43.9 Å². The molecule has 0 bridgehead atoms. The molecule has 168 valence electrons. The first kappa shape index (κ1) is 21.3. The molecule has 5 heteroatoms. The summed E-state index contributed by atoms with van der Waals surface area (Å²) in [4.78, 5) is 12.4. The number of hydrazone groups is 1. The van der Waals surface area contributed by atoms with Crippen LogP contribution in [0.4, 0.5) is 0 Å². The molecule has 0 radical (unpaired) electrons. The van der Waals surface area contributed by atoms with E-state index in [0.717, 1.165) is 44.2 Å². The van der Waals surface area contributed by atoms with Crippen LogP contribution >= 0.6 is 0 Å². The topological polar surface area (TPSA) is 81.9 Å². The van der Waals surface area contributed by atoms with Gasteiger partial charge in [0, 0.05) is 16.7 Å². The Morgan fingerprint density at radius 1 is 0.970 bits per heavy atom. The number of fused-ring (bicyclic) bond motifs is 3. The average molecular weight is 441 g/mol. The maximum atomic E-state index is 12.4. The number of phenolic OH excluding ortho intramolecular Hbond substituents is 2. The summed E-state index contributed by atoms with van der Waals surface area (Å²) in [6.07, 6.45) is 5.39. The van der Waals surface area contributed by atoms with Gasteiger partial charge in [0.1, 0.15) is 11.5 Å². The molecule has 0 saturated heterocycles. The highest BCUT2D eigenvalue weighted by atomic mass is 16.3. The zero-order valence-electron chi connectivity index (χ0n) is 18.5. The van der Waals surface area contributed by atoms with Crippen molar-refractivity contribution in [1.29, 1.82) is 0 Å². The van der Waals surface area contributed by atoms with E-state index in [9.17, 15) is 15.0 Å². The van der Waals surface area contributed by atoms with Gasteiger partial charge >= 0.3 is 0 Å². The average Bonchev–Trinajstić information content (AvgIpc) is 2.84. The van der Waals surface area contributed by atoms with Crippen LogP contribution in [0.25, 0.3) is 0 Å². The Labute approximate surface area is 193 Å². The number of amides is 1. The second-order valence-electron chi connectivity index (χ2n) is 9.27. The van der Waals surface area contributed by atoms with Gasteiger partial charge in [-0.05, 0) is 97.5 Å². The highest BCUT2D eigenvalue weighted by molar-refractivity contribution is 5.95.